The highest BCUT2D eigenvalue weighted by Gasteiger charge is 2.33. The Morgan fingerprint density at radius 2 is 1.93 bits per heavy atom. The van der Waals surface area contributed by atoms with E-state index in [-0.39, 0.29) is 10.8 Å². The maximum absolute atomic E-state index is 13.3. The number of rotatable bonds is 7. The highest BCUT2D eigenvalue weighted by atomic mass is 32.2. The lowest BCUT2D eigenvalue weighted by molar-refractivity contribution is 0.0763. The summed E-state index contributed by atoms with van der Waals surface area (Å²) in [5.41, 5.74) is 2.23. The van der Waals surface area contributed by atoms with Gasteiger partial charge in [-0.1, -0.05) is 37.6 Å². The van der Waals surface area contributed by atoms with E-state index in [0.29, 0.717) is 37.5 Å². The van der Waals surface area contributed by atoms with E-state index >= 15 is 0 Å². The first kappa shape index (κ1) is 20.0. The number of sulfonamides is 1. The van der Waals surface area contributed by atoms with Crippen molar-refractivity contribution >= 4 is 27.3 Å². The van der Waals surface area contributed by atoms with E-state index in [9.17, 15) is 13.2 Å². The summed E-state index contributed by atoms with van der Waals surface area (Å²) >= 11 is 1.21. The molecule has 0 aliphatic carbocycles. The molecule has 1 aliphatic rings. The zero-order valence-corrected chi connectivity index (χ0v) is 17.5. The van der Waals surface area contributed by atoms with Gasteiger partial charge in [-0.15, -0.1) is 11.3 Å². The molecule has 5 nitrogen and oxygen atoms in total. The summed E-state index contributed by atoms with van der Waals surface area (Å²) in [6, 6.07) is 9.50. The van der Waals surface area contributed by atoms with Crippen LogP contribution in [-0.2, 0) is 23.0 Å². The Hall–Kier alpha value is -1.70. The summed E-state index contributed by atoms with van der Waals surface area (Å²) in [5.74, 6) is -0.183. The van der Waals surface area contributed by atoms with Crippen molar-refractivity contribution < 1.29 is 13.2 Å². The largest absolute Gasteiger partial charge is 0.338 e. The van der Waals surface area contributed by atoms with Crippen molar-refractivity contribution in [3.05, 3.63) is 51.7 Å². The molecule has 0 unspecified atom stereocenters. The number of benzene rings is 1. The second-order valence-electron chi connectivity index (χ2n) is 6.71. The van der Waals surface area contributed by atoms with Gasteiger partial charge in [-0.3, -0.25) is 4.79 Å². The average Bonchev–Trinajstić information content (AvgIpc) is 3.18. The standard InChI is InChI=1S/C20H26N2O3S2/c1-3-5-12-21(4-2)20(23)19-18(11-14-26-19)27(24,25)22-13-10-16-8-6-7-9-17(16)15-22/h6-9,11,14H,3-5,10,12-13,15H2,1-2H3. The summed E-state index contributed by atoms with van der Waals surface area (Å²) in [4.78, 5) is 15.2. The lowest BCUT2D eigenvalue weighted by Gasteiger charge is -2.28. The number of amides is 1. The quantitative estimate of drug-likeness (QED) is 0.703. The fraction of sp³-hybridized carbons (Fsp3) is 0.450. The predicted octanol–water partition coefficient (Wildman–Crippen LogP) is 3.76. The minimum atomic E-state index is -3.70. The van der Waals surface area contributed by atoms with Crippen LogP contribution in [0.15, 0.2) is 40.6 Å². The van der Waals surface area contributed by atoms with E-state index in [4.69, 9.17) is 0 Å². The first-order valence-electron chi connectivity index (χ1n) is 9.42. The lowest BCUT2D eigenvalue weighted by Crippen LogP contribution is -2.37. The van der Waals surface area contributed by atoms with E-state index < -0.39 is 10.0 Å². The van der Waals surface area contributed by atoms with E-state index in [0.717, 1.165) is 18.4 Å². The second-order valence-corrected chi connectivity index (χ2v) is 9.53. The van der Waals surface area contributed by atoms with Gasteiger partial charge in [-0.2, -0.15) is 4.31 Å². The van der Waals surface area contributed by atoms with Crippen LogP contribution >= 0.6 is 11.3 Å². The molecule has 146 valence electrons. The van der Waals surface area contributed by atoms with Gasteiger partial charge in [-0.25, -0.2) is 8.42 Å². The first-order valence-corrected chi connectivity index (χ1v) is 11.7. The smallest absolute Gasteiger partial charge is 0.265 e. The number of hydrogen-bond donors (Lipinski definition) is 0. The molecule has 0 N–H and O–H groups in total. The molecule has 3 rings (SSSR count). The minimum Gasteiger partial charge on any atom is -0.338 e. The molecule has 7 heteroatoms. The van der Waals surface area contributed by atoms with Crippen molar-refractivity contribution in [2.24, 2.45) is 0 Å². The van der Waals surface area contributed by atoms with Crippen molar-refractivity contribution in [1.29, 1.82) is 0 Å². The Bertz CT molecular complexity index is 905. The topological polar surface area (TPSA) is 57.7 Å². The zero-order chi connectivity index (χ0) is 19.4. The van der Waals surface area contributed by atoms with Crippen LogP contribution in [0.3, 0.4) is 0 Å². The molecular weight excluding hydrogens is 380 g/mol. The monoisotopic (exact) mass is 406 g/mol. The maximum Gasteiger partial charge on any atom is 0.265 e. The molecule has 0 bridgehead atoms. The first-order chi connectivity index (χ1) is 13.0. The van der Waals surface area contributed by atoms with Gasteiger partial charge < -0.3 is 4.90 Å². The number of carbonyl (C=O) groups is 1. The third-order valence-electron chi connectivity index (χ3n) is 4.99. The van der Waals surface area contributed by atoms with E-state index in [1.54, 1.807) is 16.3 Å². The fourth-order valence-corrected chi connectivity index (χ4v) is 6.15. The van der Waals surface area contributed by atoms with Crippen LogP contribution in [0.4, 0.5) is 0 Å². The highest BCUT2D eigenvalue weighted by Crippen LogP contribution is 2.30. The van der Waals surface area contributed by atoms with Crippen LogP contribution in [0.2, 0.25) is 0 Å². The van der Waals surface area contributed by atoms with Crippen molar-refractivity contribution in [1.82, 2.24) is 9.21 Å². The van der Waals surface area contributed by atoms with Gasteiger partial charge in [0.05, 0.1) is 0 Å². The van der Waals surface area contributed by atoms with Crippen molar-refractivity contribution in [3.8, 4) is 0 Å². The van der Waals surface area contributed by atoms with Crippen molar-refractivity contribution in [3.63, 3.8) is 0 Å². The summed E-state index contributed by atoms with van der Waals surface area (Å²) in [7, 11) is -3.70. The molecular formula is C20H26N2O3S2. The van der Waals surface area contributed by atoms with Gasteiger partial charge in [0.1, 0.15) is 9.77 Å². The molecule has 0 spiro atoms. The van der Waals surface area contributed by atoms with Gasteiger partial charge in [0.25, 0.3) is 5.91 Å². The van der Waals surface area contributed by atoms with Crippen LogP contribution in [0.5, 0.6) is 0 Å². The average molecular weight is 407 g/mol. The molecule has 0 saturated carbocycles. The van der Waals surface area contributed by atoms with Crippen LogP contribution in [0, 0.1) is 0 Å². The second kappa shape index (κ2) is 8.54. The SMILES string of the molecule is CCCCN(CC)C(=O)c1sccc1S(=O)(=O)N1CCc2ccccc2C1. The third kappa shape index (κ3) is 4.10. The number of thiophene rings is 1. The van der Waals surface area contributed by atoms with Gasteiger partial charge in [0.15, 0.2) is 0 Å². The van der Waals surface area contributed by atoms with E-state index in [1.165, 1.54) is 21.2 Å². The number of unbranched alkanes of at least 4 members (excludes halogenated alkanes) is 1. The van der Waals surface area contributed by atoms with Gasteiger partial charge >= 0.3 is 0 Å². The molecule has 1 amide bonds. The molecule has 2 aromatic rings. The van der Waals surface area contributed by atoms with Crippen molar-refractivity contribution in [2.75, 3.05) is 19.6 Å². The van der Waals surface area contributed by atoms with Crippen LogP contribution < -0.4 is 0 Å². The zero-order valence-electron chi connectivity index (χ0n) is 15.8. The number of carbonyl (C=O) groups excluding carboxylic acids is 1. The number of fused-ring (bicyclic) bond motifs is 1. The molecule has 1 aliphatic heterocycles. The van der Waals surface area contributed by atoms with Crippen molar-refractivity contribution in [2.45, 2.75) is 44.6 Å². The third-order valence-corrected chi connectivity index (χ3v) is 7.91. The lowest BCUT2D eigenvalue weighted by atomic mass is 10.0. The van der Waals surface area contributed by atoms with Crippen LogP contribution in [0.1, 0.15) is 47.5 Å². The Labute approximate surface area is 165 Å². The molecule has 0 radical (unpaired) electrons. The number of hydrogen-bond acceptors (Lipinski definition) is 4. The van der Waals surface area contributed by atoms with Crippen LogP contribution in [0.25, 0.3) is 0 Å². The fourth-order valence-electron chi connectivity index (χ4n) is 3.37. The summed E-state index contributed by atoms with van der Waals surface area (Å²) < 4.78 is 28.0. The van der Waals surface area contributed by atoms with E-state index in [1.807, 2.05) is 31.2 Å². The van der Waals surface area contributed by atoms with E-state index in [2.05, 4.69) is 6.92 Å². The Kier molecular flexibility index (Phi) is 6.34. The molecule has 2 heterocycles. The molecule has 0 fully saturated rings. The Morgan fingerprint density at radius 3 is 2.63 bits per heavy atom. The van der Waals surface area contributed by atoms with Gasteiger partial charge in [0, 0.05) is 26.2 Å². The maximum atomic E-state index is 13.3. The normalized spacial score (nSPS) is 14.7. The number of nitrogens with zero attached hydrogens (tertiary/aromatic N) is 2. The van der Waals surface area contributed by atoms with Gasteiger partial charge in [-0.05, 0) is 42.3 Å². The minimum absolute atomic E-state index is 0.145. The van der Waals surface area contributed by atoms with Gasteiger partial charge in [0.2, 0.25) is 10.0 Å². The molecule has 1 aromatic heterocycles. The molecule has 27 heavy (non-hydrogen) atoms. The Morgan fingerprint density at radius 1 is 1.19 bits per heavy atom. The summed E-state index contributed by atoms with van der Waals surface area (Å²) in [5, 5.41) is 1.70. The predicted molar refractivity (Wildman–Crippen MR) is 109 cm³/mol. The summed E-state index contributed by atoms with van der Waals surface area (Å²) in [6.45, 7) is 6.03. The molecule has 1 aromatic carbocycles. The van der Waals surface area contributed by atoms with Crippen LogP contribution in [-0.4, -0.2) is 43.2 Å². The summed E-state index contributed by atoms with van der Waals surface area (Å²) in [6.07, 6.45) is 2.60. The Balaban J connectivity index is 1.87. The molecule has 0 atom stereocenters. The molecule has 0 saturated heterocycles. The highest BCUT2D eigenvalue weighted by molar-refractivity contribution is 7.89.